The number of fused-ring (bicyclic) bond motifs is 2. The molecule has 1 aliphatic heterocycles. The SMILES string of the molecule is CC(C)(C)OC(=O)NC(C(=O)N1Cc2cc(O)ccc2C[C@H]1C(=O)N[C@@H]1CCCc2ccccc21)C(C)(C)C. The second-order valence-corrected chi connectivity index (χ2v) is 12.7. The van der Waals surface area contributed by atoms with E-state index in [-0.39, 0.29) is 30.2 Å². The van der Waals surface area contributed by atoms with Gasteiger partial charge in [-0.15, -0.1) is 0 Å². The molecular weight excluding hydrogens is 494 g/mol. The molecule has 210 valence electrons. The average molecular weight is 536 g/mol. The third-order valence-corrected chi connectivity index (χ3v) is 7.37. The lowest BCUT2D eigenvalue weighted by molar-refractivity contribution is -0.145. The number of benzene rings is 2. The van der Waals surface area contributed by atoms with Crippen LogP contribution in [0.4, 0.5) is 4.79 Å². The van der Waals surface area contributed by atoms with Crippen molar-refractivity contribution in [3.8, 4) is 5.75 Å². The van der Waals surface area contributed by atoms with Gasteiger partial charge in [0, 0.05) is 13.0 Å². The molecule has 4 rings (SSSR count). The monoisotopic (exact) mass is 535 g/mol. The summed E-state index contributed by atoms with van der Waals surface area (Å²) in [6, 6.07) is 11.4. The molecule has 1 aliphatic carbocycles. The van der Waals surface area contributed by atoms with Gasteiger partial charge < -0.3 is 25.4 Å². The van der Waals surface area contributed by atoms with Crippen LogP contribution in [-0.4, -0.2) is 45.6 Å². The zero-order valence-corrected chi connectivity index (χ0v) is 23.8. The Hall–Kier alpha value is -3.55. The molecule has 2 aliphatic rings. The van der Waals surface area contributed by atoms with E-state index < -0.39 is 29.2 Å². The highest BCUT2D eigenvalue weighted by Crippen LogP contribution is 2.33. The van der Waals surface area contributed by atoms with Crippen molar-refractivity contribution in [2.75, 3.05) is 0 Å². The summed E-state index contributed by atoms with van der Waals surface area (Å²) in [5.41, 5.74) is 2.66. The lowest BCUT2D eigenvalue weighted by atomic mass is 9.84. The molecule has 8 nitrogen and oxygen atoms in total. The summed E-state index contributed by atoms with van der Waals surface area (Å²) in [4.78, 5) is 42.3. The summed E-state index contributed by atoms with van der Waals surface area (Å²) in [6.45, 7) is 11.0. The summed E-state index contributed by atoms with van der Waals surface area (Å²) in [7, 11) is 0. The Balaban J connectivity index is 1.64. The maximum Gasteiger partial charge on any atom is 0.408 e. The zero-order chi connectivity index (χ0) is 28.5. The van der Waals surface area contributed by atoms with E-state index in [0.29, 0.717) is 6.42 Å². The van der Waals surface area contributed by atoms with Gasteiger partial charge in [-0.2, -0.15) is 0 Å². The number of alkyl carbamates (subject to hydrolysis) is 1. The van der Waals surface area contributed by atoms with Crippen molar-refractivity contribution < 1.29 is 24.2 Å². The molecule has 1 heterocycles. The van der Waals surface area contributed by atoms with Gasteiger partial charge in [0.2, 0.25) is 11.8 Å². The fraction of sp³-hybridized carbons (Fsp3) is 0.516. The van der Waals surface area contributed by atoms with Gasteiger partial charge in [0.25, 0.3) is 0 Å². The number of hydrogen-bond donors (Lipinski definition) is 3. The lowest BCUT2D eigenvalue weighted by Gasteiger charge is -2.41. The van der Waals surface area contributed by atoms with Crippen LogP contribution in [-0.2, 0) is 33.7 Å². The van der Waals surface area contributed by atoms with Crippen molar-refractivity contribution >= 4 is 17.9 Å². The van der Waals surface area contributed by atoms with Crippen LogP contribution in [0.1, 0.15) is 82.7 Å². The maximum atomic E-state index is 14.2. The van der Waals surface area contributed by atoms with E-state index in [1.54, 1.807) is 37.8 Å². The minimum atomic E-state index is -0.933. The van der Waals surface area contributed by atoms with Gasteiger partial charge >= 0.3 is 6.09 Å². The molecule has 2 aromatic carbocycles. The molecule has 39 heavy (non-hydrogen) atoms. The Morgan fingerprint density at radius 3 is 2.41 bits per heavy atom. The van der Waals surface area contributed by atoms with Crippen molar-refractivity contribution in [2.45, 2.75) is 97.5 Å². The minimum Gasteiger partial charge on any atom is -0.508 e. The van der Waals surface area contributed by atoms with Gasteiger partial charge in [-0.25, -0.2) is 4.79 Å². The molecule has 1 unspecified atom stereocenters. The number of phenols is 1. The number of phenolic OH excluding ortho intramolecular Hbond substituents is 1. The van der Waals surface area contributed by atoms with Gasteiger partial charge in [0.05, 0.1) is 6.04 Å². The van der Waals surface area contributed by atoms with Crippen LogP contribution in [0.25, 0.3) is 0 Å². The molecule has 0 radical (unpaired) electrons. The van der Waals surface area contributed by atoms with Crippen LogP contribution in [0.5, 0.6) is 5.75 Å². The largest absolute Gasteiger partial charge is 0.508 e. The molecule has 3 amide bonds. The number of carbonyl (C=O) groups is 3. The standard InChI is InChI=1S/C31H41N3O5/c1-30(2,3)26(33-29(38)39-31(4,5)6)28(37)34-18-21-16-22(35)15-14-20(21)17-25(34)27(36)32-24-13-9-11-19-10-7-8-12-23(19)24/h7-8,10,12,14-16,24-26,35H,9,11,13,17-18H2,1-6H3,(H,32,36)(H,33,38)/t24-,25+,26?/m1/s1. The first-order chi connectivity index (χ1) is 18.2. The highest BCUT2D eigenvalue weighted by atomic mass is 16.6. The van der Waals surface area contributed by atoms with Crippen LogP contribution in [0.2, 0.25) is 0 Å². The number of hydrogen-bond acceptors (Lipinski definition) is 5. The predicted octanol–water partition coefficient (Wildman–Crippen LogP) is 4.78. The molecule has 0 saturated heterocycles. The molecule has 0 aromatic heterocycles. The third kappa shape index (κ3) is 6.72. The molecule has 3 atom stereocenters. The number of ether oxygens (including phenoxy) is 1. The topological polar surface area (TPSA) is 108 Å². The number of rotatable bonds is 4. The van der Waals surface area contributed by atoms with Crippen molar-refractivity contribution in [1.82, 2.24) is 15.5 Å². The van der Waals surface area contributed by atoms with E-state index >= 15 is 0 Å². The fourth-order valence-corrected chi connectivity index (χ4v) is 5.45. The summed E-state index contributed by atoms with van der Waals surface area (Å²) in [6.07, 6.45) is 2.41. The lowest BCUT2D eigenvalue weighted by Crippen LogP contribution is -2.61. The van der Waals surface area contributed by atoms with Crippen LogP contribution >= 0.6 is 0 Å². The molecule has 2 aromatic rings. The maximum absolute atomic E-state index is 14.2. The van der Waals surface area contributed by atoms with Crippen molar-refractivity contribution in [1.29, 1.82) is 0 Å². The molecule has 0 spiro atoms. The predicted molar refractivity (Wildman–Crippen MR) is 149 cm³/mol. The van der Waals surface area contributed by atoms with E-state index in [1.165, 1.54) is 5.56 Å². The molecular formula is C31H41N3O5. The van der Waals surface area contributed by atoms with E-state index in [0.717, 1.165) is 36.0 Å². The van der Waals surface area contributed by atoms with Gasteiger partial charge in [0.15, 0.2) is 0 Å². The number of amides is 3. The van der Waals surface area contributed by atoms with Gasteiger partial charge in [0.1, 0.15) is 23.4 Å². The number of aryl methyl sites for hydroxylation is 1. The second kappa shape index (κ2) is 10.9. The van der Waals surface area contributed by atoms with Crippen molar-refractivity contribution in [2.24, 2.45) is 5.41 Å². The number of aromatic hydroxyl groups is 1. The number of carbonyl (C=O) groups excluding carboxylic acids is 3. The molecule has 0 fully saturated rings. The van der Waals surface area contributed by atoms with Crippen LogP contribution in [0, 0.1) is 5.41 Å². The molecule has 8 heteroatoms. The van der Waals surface area contributed by atoms with Crippen LogP contribution in [0.3, 0.4) is 0 Å². The Morgan fingerprint density at radius 1 is 1.00 bits per heavy atom. The van der Waals surface area contributed by atoms with E-state index in [9.17, 15) is 19.5 Å². The highest BCUT2D eigenvalue weighted by Gasteiger charge is 2.43. The quantitative estimate of drug-likeness (QED) is 0.522. The molecule has 0 saturated carbocycles. The number of nitrogens with one attached hydrogen (secondary N) is 2. The van der Waals surface area contributed by atoms with Crippen molar-refractivity contribution in [3.63, 3.8) is 0 Å². The highest BCUT2D eigenvalue weighted by molar-refractivity contribution is 5.92. The smallest absolute Gasteiger partial charge is 0.408 e. The van der Waals surface area contributed by atoms with E-state index in [4.69, 9.17) is 4.74 Å². The fourth-order valence-electron chi connectivity index (χ4n) is 5.45. The summed E-state index contributed by atoms with van der Waals surface area (Å²) >= 11 is 0. The minimum absolute atomic E-state index is 0.0992. The Kier molecular flexibility index (Phi) is 7.96. The van der Waals surface area contributed by atoms with E-state index in [1.807, 2.05) is 39.0 Å². The second-order valence-electron chi connectivity index (χ2n) is 12.7. The molecule has 3 N–H and O–H groups in total. The van der Waals surface area contributed by atoms with Gasteiger partial charge in [-0.1, -0.05) is 51.1 Å². The first-order valence-corrected chi connectivity index (χ1v) is 13.7. The van der Waals surface area contributed by atoms with Gasteiger partial charge in [-0.3, -0.25) is 9.59 Å². The first-order valence-electron chi connectivity index (χ1n) is 13.7. The van der Waals surface area contributed by atoms with Gasteiger partial charge in [-0.05, 0) is 79.8 Å². The van der Waals surface area contributed by atoms with Crippen LogP contribution in [0.15, 0.2) is 42.5 Å². The average Bonchev–Trinajstić information content (AvgIpc) is 2.84. The third-order valence-electron chi connectivity index (χ3n) is 7.37. The zero-order valence-electron chi connectivity index (χ0n) is 23.8. The summed E-state index contributed by atoms with van der Waals surface area (Å²) in [5, 5.41) is 16.1. The normalized spacial score (nSPS) is 19.8. The molecule has 0 bridgehead atoms. The first kappa shape index (κ1) is 28.5. The van der Waals surface area contributed by atoms with Crippen molar-refractivity contribution in [3.05, 3.63) is 64.7 Å². The Labute approximate surface area is 231 Å². The number of nitrogens with zero attached hydrogens (tertiary/aromatic N) is 1. The van der Waals surface area contributed by atoms with E-state index in [2.05, 4.69) is 22.8 Å². The summed E-state index contributed by atoms with van der Waals surface area (Å²) < 4.78 is 5.45. The Bertz CT molecular complexity index is 1240. The van der Waals surface area contributed by atoms with Crippen LogP contribution < -0.4 is 10.6 Å². The Morgan fingerprint density at radius 2 is 1.72 bits per heavy atom. The summed E-state index contributed by atoms with van der Waals surface area (Å²) in [5.74, 6) is -0.498.